The number of nitrogens with one attached hydrogen (secondary N) is 1. The van der Waals surface area contributed by atoms with Gasteiger partial charge in [0.25, 0.3) is 0 Å². The van der Waals surface area contributed by atoms with E-state index in [2.05, 4.69) is 30.4 Å². The van der Waals surface area contributed by atoms with E-state index in [-0.39, 0.29) is 6.04 Å². The SMILES string of the molecule is Cc1cccc(C(C#N)NC2CCCCC2)c1. The minimum absolute atomic E-state index is 0.155. The van der Waals surface area contributed by atoms with Crippen LogP contribution >= 0.6 is 0 Å². The van der Waals surface area contributed by atoms with Gasteiger partial charge in [0.15, 0.2) is 0 Å². The van der Waals surface area contributed by atoms with Gasteiger partial charge >= 0.3 is 0 Å². The van der Waals surface area contributed by atoms with Gasteiger partial charge in [-0.2, -0.15) is 5.26 Å². The molecule has 0 spiro atoms. The molecule has 1 N–H and O–H groups in total. The number of benzene rings is 1. The molecule has 1 fully saturated rings. The lowest BCUT2D eigenvalue weighted by Crippen LogP contribution is -2.33. The van der Waals surface area contributed by atoms with Crippen LogP contribution in [0.4, 0.5) is 0 Å². The third-order valence-electron chi connectivity index (χ3n) is 3.51. The van der Waals surface area contributed by atoms with Crippen LogP contribution in [0.3, 0.4) is 0 Å². The molecule has 90 valence electrons. The van der Waals surface area contributed by atoms with Crippen molar-refractivity contribution in [3.63, 3.8) is 0 Å². The van der Waals surface area contributed by atoms with Gasteiger partial charge in [-0.15, -0.1) is 0 Å². The maximum absolute atomic E-state index is 9.29. The van der Waals surface area contributed by atoms with Gasteiger partial charge in [0, 0.05) is 6.04 Å². The molecule has 0 aliphatic heterocycles. The maximum atomic E-state index is 9.29. The van der Waals surface area contributed by atoms with Crippen LogP contribution in [0.2, 0.25) is 0 Å². The van der Waals surface area contributed by atoms with E-state index in [1.54, 1.807) is 0 Å². The first-order valence-corrected chi connectivity index (χ1v) is 6.52. The summed E-state index contributed by atoms with van der Waals surface area (Å²) in [6.45, 7) is 2.07. The summed E-state index contributed by atoms with van der Waals surface area (Å²) in [6, 6.07) is 11.0. The molecule has 1 aromatic rings. The van der Waals surface area contributed by atoms with Crippen LogP contribution in [0.15, 0.2) is 24.3 Å². The molecule has 2 rings (SSSR count). The van der Waals surface area contributed by atoms with Gasteiger partial charge in [-0.25, -0.2) is 0 Å². The smallest absolute Gasteiger partial charge is 0.121 e. The van der Waals surface area contributed by atoms with E-state index in [0.717, 1.165) is 5.56 Å². The second-order valence-electron chi connectivity index (χ2n) is 4.98. The summed E-state index contributed by atoms with van der Waals surface area (Å²) in [5.74, 6) is 0. The molecule has 0 amide bonds. The Hall–Kier alpha value is -1.33. The van der Waals surface area contributed by atoms with Crippen molar-refractivity contribution in [1.82, 2.24) is 5.32 Å². The van der Waals surface area contributed by atoms with Crippen molar-refractivity contribution in [3.8, 4) is 6.07 Å². The first-order valence-electron chi connectivity index (χ1n) is 6.52. The molecule has 1 unspecified atom stereocenters. The lowest BCUT2D eigenvalue weighted by atomic mass is 9.94. The van der Waals surface area contributed by atoms with E-state index in [9.17, 15) is 5.26 Å². The normalized spacial score (nSPS) is 18.6. The van der Waals surface area contributed by atoms with Gasteiger partial charge < -0.3 is 0 Å². The maximum Gasteiger partial charge on any atom is 0.121 e. The highest BCUT2D eigenvalue weighted by atomic mass is 14.9. The molecule has 17 heavy (non-hydrogen) atoms. The van der Waals surface area contributed by atoms with E-state index < -0.39 is 0 Å². The Balaban J connectivity index is 2.03. The van der Waals surface area contributed by atoms with Crippen molar-refractivity contribution < 1.29 is 0 Å². The highest BCUT2D eigenvalue weighted by molar-refractivity contribution is 5.28. The fourth-order valence-corrected chi connectivity index (χ4v) is 2.56. The first kappa shape index (κ1) is 12.1. The highest BCUT2D eigenvalue weighted by Crippen LogP contribution is 2.21. The summed E-state index contributed by atoms with van der Waals surface area (Å²) in [7, 11) is 0. The van der Waals surface area contributed by atoms with Crippen LogP contribution in [-0.4, -0.2) is 6.04 Å². The quantitative estimate of drug-likeness (QED) is 0.859. The lowest BCUT2D eigenvalue weighted by molar-refractivity contribution is 0.360. The molecule has 1 saturated carbocycles. The summed E-state index contributed by atoms with van der Waals surface area (Å²) >= 11 is 0. The molecule has 0 radical (unpaired) electrons. The topological polar surface area (TPSA) is 35.8 Å². The van der Waals surface area contributed by atoms with E-state index in [0.29, 0.717) is 6.04 Å². The highest BCUT2D eigenvalue weighted by Gasteiger charge is 2.18. The molecule has 0 saturated heterocycles. The summed E-state index contributed by atoms with van der Waals surface area (Å²) in [4.78, 5) is 0. The zero-order valence-electron chi connectivity index (χ0n) is 10.4. The Morgan fingerprint density at radius 3 is 2.71 bits per heavy atom. The summed E-state index contributed by atoms with van der Waals surface area (Å²) in [5, 5.41) is 12.8. The number of hydrogen-bond acceptors (Lipinski definition) is 2. The molecule has 2 nitrogen and oxygen atoms in total. The lowest BCUT2D eigenvalue weighted by Gasteiger charge is -2.25. The Morgan fingerprint density at radius 2 is 2.06 bits per heavy atom. The van der Waals surface area contributed by atoms with Gasteiger partial charge in [-0.05, 0) is 25.3 Å². The van der Waals surface area contributed by atoms with Crippen molar-refractivity contribution in [1.29, 1.82) is 5.26 Å². The zero-order valence-corrected chi connectivity index (χ0v) is 10.4. The number of aryl methyl sites for hydroxylation is 1. The Labute approximate surface area is 104 Å². The predicted octanol–water partition coefficient (Wildman–Crippen LogP) is 3.48. The van der Waals surface area contributed by atoms with Crippen molar-refractivity contribution in [3.05, 3.63) is 35.4 Å². The Morgan fingerprint density at radius 1 is 1.29 bits per heavy atom. The molecule has 2 heteroatoms. The fourth-order valence-electron chi connectivity index (χ4n) is 2.56. The van der Waals surface area contributed by atoms with Gasteiger partial charge in [-0.1, -0.05) is 49.1 Å². The molecule has 1 aliphatic rings. The number of nitrogens with zero attached hydrogens (tertiary/aromatic N) is 1. The largest absolute Gasteiger partial charge is 0.295 e. The summed E-state index contributed by atoms with van der Waals surface area (Å²) < 4.78 is 0. The molecule has 1 aliphatic carbocycles. The van der Waals surface area contributed by atoms with Crippen LogP contribution < -0.4 is 5.32 Å². The number of rotatable bonds is 3. The standard InChI is InChI=1S/C15H20N2/c1-12-6-5-7-13(10-12)15(11-16)17-14-8-3-2-4-9-14/h5-7,10,14-15,17H,2-4,8-9H2,1H3. The summed E-state index contributed by atoms with van der Waals surface area (Å²) in [6.07, 6.45) is 6.36. The number of hydrogen-bond donors (Lipinski definition) is 1. The zero-order chi connectivity index (χ0) is 12.1. The van der Waals surface area contributed by atoms with E-state index in [1.165, 1.54) is 37.7 Å². The molecule has 1 atom stereocenters. The fraction of sp³-hybridized carbons (Fsp3) is 0.533. The van der Waals surface area contributed by atoms with Gasteiger partial charge in [0.2, 0.25) is 0 Å². The van der Waals surface area contributed by atoms with E-state index in [1.807, 2.05) is 12.1 Å². The monoisotopic (exact) mass is 228 g/mol. The molecule has 1 aromatic carbocycles. The predicted molar refractivity (Wildman–Crippen MR) is 69.5 cm³/mol. The summed E-state index contributed by atoms with van der Waals surface area (Å²) in [5.41, 5.74) is 2.31. The Kier molecular flexibility index (Phi) is 4.17. The van der Waals surface area contributed by atoms with Crippen LogP contribution in [-0.2, 0) is 0 Å². The third kappa shape index (κ3) is 3.31. The van der Waals surface area contributed by atoms with Gasteiger partial charge in [0.05, 0.1) is 6.07 Å². The van der Waals surface area contributed by atoms with Crippen LogP contribution in [0, 0.1) is 18.3 Å². The van der Waals surface area contributed by atoms with E-state index in [4.69, 9.17) is 0 Å². The first-order chi connectivity index (χ1) is 8.29. The van der Waals surface area contributed by atoms with Crippen molar-refractivity contribution >= 4 is 0 Å². The number of nitriles is 1. The van der Waals surface area contributed by atoms with Gasteiger partial charge in [0.1, 0.15) is 6.04 Å². The minimum atomic E-state index is -0.155. The minimum Gasteiger partial charge on any atom is -0.295 e. The van der Waals surface area contributed by atoms with Crippen molar-refractivity contribution in [2.45, 2.75) is 51.1 Å². The molecular weight excluding hydrogens is 208 g/mol. The van der Waals surface area contributed by atoms with Crippen LogP contribution in [0.25, 0.3) is 0 Å². The molecular formula is C15H20N2. The van der Waals surface area contributed by atoms with Crippen molar-refractivity contribution in [2.75, 3.05) is 0 Å². The van der Waals surface area contributed by atoms with Gasteiger partial charge in [-0.3, -0.25) is 5.32 Å². The van der Waals surface area contributed by atoms with Crippen molar-refractivity contribution in [2.24, 2.45) is 0 Å². The molecule has 0 aromatic heterocycles. The van der Waals surface area contributed by atoms with Crippen LogP contribution in [0.1, 0.15) is 49.3 Å². The Bertz CT molecular complexity index is 400. The second-order valence-corrected chi connectivity index (χ2v) is 4.98. The molecule has 0 bridgehead atoms. The third-order valence-corrected chi connectivity index (χ3v) is 3.51. The van der Waals surface area contributed by atoms with E-state index >= 15 is 0 Å². The second kappa shape index (κ2) is 5.84. The average molecular weight is 228 g/mol. The molecule has 0 heterocycles. The average Bonchev–Trinajstić information content (AvgIpc) is 2.37. The van der Waals surface area contributed by atoms with Crippen LogP contribution in [0.5, 0.6) is 0 Å².